The van der Waals surface area contributed by atoms with E-state index in [1.807, 2.05) is 30.5 Å². The Kier molecular flexibility index (Phi) is 3.69. The third-order valence-electron chi connectivity index (χ3n) is 3.66. The topological polar surface area (TPSA) is 17.8 Å². The van der Waals surface area contributed by atoms with Gasteiger partial charge >= 0.3 is 0 Å². The molecule has 0 aliphatic carbocycles. The van der Waals surface area contributed by atoms with Gasteiger partial charge in [-0.25, -0.2) is 0 Å². The molecule has 0 bridgehead atoms. The zero-order valence-corrected chi connectivity index (χ0v) is 12.3. The van der Waals surface area contributed by atoms with Crippen LogP contribution in [0.25, 0.3) is 21.8 Å². The van der Waals surface area contributed by atoms with E-state index >= 15 is 0 Å². The van der Waals surface area contributed by atoms with Crippen molar-refractivity contribution >= 4 is 21.8 Å². The molecule has 0 radical (unpaired) electrons. The highest BCUT2D eigenvalue weighted by Crippen LogP contribution is 2.14. The van der Waals surface area contributed by atoms with Gasteiger partial charge in [0, 0.05) is 30.3 Å². The summed E-state index contributed by atoms with van der Waals surface area (Å²) in [6, 6.07) is 20.7. The van der Waals surface area contributed by atoms with Crippen molar-refractivity contribution in [2.75, 3.05) is 0 Å². The molecule has 0 unspecified atom stereocenters. The number of fused-ring (bicyclic) bond motifs is 2. The zero-order chi connectivity index (χ0) is 14.7. The maximum atomic E-state index is 4.24. The van der Waals surface area contributed by atoms with Crippen molar-refractivity contribution in [2.45, 2.75) is 6.92 Å². The first kappa shape index (κ1) is 13.4. The Labute approximate surface area is 124 Å². The van der Waals surface area contributed by atoms with Crippen LogP contribution in [0.15, 0.2) is 73.1 Å². The molecule has 0 aliphatic heterocycles. The molecule has 21 heavy (non-hydrogen) atoms. The van der Waals surface area contributed by atoms with Crippen LogP contribution in [0.5, 0.6) is 0 Å². The van der Waals surface area contributed by atoms with Crippen molar-refractivity contribution in [3.63, 3.8) is 0 Å². The van der Waals surface area contributed by atoms with Gasteiger partial charge in [-0.2, -0.15) is 0 Å². The number of aromatic nitrogens is 2. The van der Waals surface area contributed by atoms with Gasteiger partial charge in [-0.1, -0.05) is 36.4 Å². The first-order valence-corrected chi connectivity index (χ1v) is 7.06. The van der Waals surface area contributed by atoms with Crippen LogP contribution in [0.2, 0.25) is 0 Å². The van der Waals surface area contributed by atoms with Crippen LogP contribution in [-0.2, 0) is 7.05 Å². The molecule has 2 heteroatoms. The lowest BCUT2D eigenvalue weighted by Gasteiger charge is -1.97. The van der Waals surface area contributed by atoms with Gasteiger partial charge in [-0.15, -0.1) is 0 Å². The second-order valence-corrected chi connectivity index (χ2v) is 5.13. The fourth-order valence-corrected chi connectivity index (χ4v) is 2.46. The average molecular weight is 274 g/mol. The first-order chi connectivity index (χ1) is 10.3. The van der Waals surface area contributed by atoms with Gasteiger partial charge in [0.15, 0.2) is 0 Å². The Hall–Kier alpha value is -2.61. The minimum atomic E-state index is 1.08. The number of hydrogen-bond donors (Lipinski definition) is 0. The minimum Gasteiger partial charge on any atom is -0.351 e. The van der Waals surface area contributed by atoms with Gasteiger partial charge in [-0.05, 0) is 42.1 Å². The largest absolute Gasteiger partial charge is 0.351 e. The Morgan fingerprint density at radius 3 is 2.43 bits per heavy atom. The molecule has 0 atom stereocenters. The Morgan fingerprint density at radius 1 is 0.857 bits per heavy atom. The van der Waals surface area contributed by atoms with E-state index in [0.717, 1.165) is 5.52 Å². The quantitative estimate of drug-likeness (QED) is 0.453. The van der Waals surface area contributed by atoms with Gasteiger partial charge in [-0.3, -0.25) is 4.98 Å². The summed E-state index contributed by atoms with van der Waals surface area (Å²) >= 11 is 0. The van der Waals surface area contributed by atoms with Crippen LogP contribution in [0.4, 0.5) is 0 Å². The SMILES string of the molecule is Cc1ccnc2ccccc12.Cn1ccc2ccccc21. The van der Waals surface area contributed by atoms with E-state index in [-0.39, 0.29) is 0 Å². The van der Waals surface area contributed by atoms with Crippen molar-refractivity contribution in [1.82, 2.24) is 9.55 Å². The van der Waals surface area contributed by atoms with E-state index in [9.17, 15) is 0 Å². The Morgan fingerprint density at radius 2 is 1.62 bits per heavy atom. The normalized spacial score (nSPS) is 10.4. The van der Waals surface area contributed by atoms with E-state index in [1.165, 1.54) is 21.9 Å². The number of rotatable bonds is 0. The van der Waals surface area contributed by atoms with Crippen molar-refractivity contribution in [3.8, 4) is 0 Å². The molecule has 2 aromatic heterocycles. The molecular formula is C19H18N2. The maximum absolute atomic E-state index is 4.24. The fraction of sp³-hybridized carbons (Fsp3) is 0.105. The Bertz CT molecular complexity index is 869. The molecule has 0 N–H and O–H groups in total. The number of hydrogen-bond acceptors (Lipinski definition) is 1. The molecule has 2 heterocycles. The summed E-state index contributed by atoms with van der Waals surface area (Å²) in [5.74, 6) is 0. The summed E-state index contributed by atoms with van der Waals surface area (Å²) in [6.45, 7) is 2.10. The number of pyridine rings is 1. The van der Waals surface area contributed by atoms with Crippen molar-refractivity contribution in [1.29, 1.82) is 0 Å². The average Bonchev–Trinajstić information content (AvgIpc) is 2.91. The second-order valence-electron chi connectivity index (χ2n) is 5.13. The van der Waals surface area contributed by atoms with Crippen LogP contribution in [0.3, 0.4) is 0 Å². The number of nitrogens with zero attached hydrogens (tertiary/aromatic N) is 2. The summed E-state index contributed by atoms with van der Waals surface area (Å²) in [6.07, 6.45) is 3.92. The zero-order valence-electron chi connectivity index (χ0n) is 12.3. The van der Waals surface area contributed by atoms with E-state index in [4.69, 9.17) is 0 Å². The van der Waals surface area contributed by atoms with Crippen molar-refractivity contribution in [3.05, 3.63) is 78.6 Å². The molecule has 2 nitrogen and oxygen atoms in total. The van der Waals surface area contributed by atoms with E-state index in [1.54, 1.807) is 0 Å². The van der Waals surface area contributed by atoms with Gasteiger partial charge in [0.2, 0.25) is 0 Å². The highest BCUT2D eigenvalue weighted by Gasteiger charge is 1.93. The lowest BCUT2D eigenvalue weighted by molar-refractivity contribution is 0.969. The minimum absolute atomic E-state index is 1.08. The summed E-state index contributed by atoms with van der Waals surface area (Å²) in [5.41, 5.74) is 3.66. The van der Waals surface area contributed by atoms with E-state index in [2.05, 4.69) is 66.1 Å². The molecule has 104 valence electrons. The van der Waals surface area contributed by atoms with Crippen molar-refractivity contribution in [2.24, 2.45) is 7.05 Å². The monoisotopic (exact) mass is 274 g/mol. The predicted molar refractivity (Wildman–Crippen MR) is 89.4 cm³/mol. The number of aryl methyl sites for hydroxylation is 2. The standard InChI is InChI=1S/C10H9N.C9H9N/c1-8-6-7-11-10-5-3-2-4-9(8)10;1-10-7-6-8-4-2-3-5-9(8)10/h2-7H,1H3;2-7H,1H3. The Balaban J connectivity index is 0.000000126. The van der Waals surface area contributed by atoms with Crippen LogP contribution in [0, 0.1) is 6.92 Å². The van der Waals surface area contributed by atoms with Gasteiger partial charge < -0.3 is 4.57 Å². The molecule has 4 rings (SSSR count). The smallest absolute Gasteiger partial charge is 0.0704 e. The summed E-state index contributed by atoms with van der Waals surface area (Å²) in [5, 5.41) is 2.56. The fourth-order valence-electron chi connectivity index (χ4n) is 2.46. The maximum Gasteiger partial charge on any atom is 0.0704 e. The lowest BCUT2D eigenvalue weighted by atomic mass is 10.1. The molecule has 0 saturated heterocycles. The van der Waals surface area contributed by atoms with Crippen LogP contribution in [-0.4, -0.2) is 9.55 Å². The lowest BCUT2D eigenvalue weighted by Crippen LogP contribution is -1.81. The predicted octanol–water partition coefficient (Wildman–Crippen LogP) is 4.72. The van der Waals surface area contributed by atoms with E-state index < -0.39 is 0 Å². The molecule has 2 aromatic carbocycles. The molecular weight excluding hydrogens is 256 g/mol. The van der Waals surface area contributed by atoms with E-state index in [0.29, 0.717) is 0 Å². The van der Waals surface area contributed by atoms with Gasteiger partial charge in [0.05, 0.1) is 5.52 Å². The summed E-state index contributed by atoms with van der Waals surface area (Å²) in [7, 11) is 2.06. The molecule has 0 aliphatic rings. The third-order valence-corrected chi connectivity index (χ3v) is 3.66. The molecule has 0 saturated carbocycles. The first-order valence-electron chi connectivity index (χ1n) is 7.06. The summed E-state index contributed by atoms with van der Waals surface area (Å²) < 4.78 is 2.12. The second kappa shape index (κ2) is 5.80. The molecule has 4 aromatic rings. The van der Waals surface area contributed by atoms with Crippen molar-refractivity contribution < 1.29 is 0 Å². The van der Waals surface area contributed by atoms with Gasteiger partial charge in [0.25, 0.3) is 0 Å². The molecule has 0 spiro atoms. The molecule has 0 fully saturated rings. The number of para-hydroxylation sites is 2. The number of benzene rings is 2. The molecule has 0 amide bonds. The third kappa shape index (κ3) is 2.79. The van der Waals surface area contributed by atoms with Gasteiger partial charge in [0.1, 0.15) is 0 Å². The van der Waals surface area contributed by atoms with Crippen LogP contribution >= 0.6 is 0 Å². The highest BCUT2D eigenvalue weighted by atomic mass is 14.9. The summed E-state index contributed by atoms with van der Waals surface area (Å²) in [4.78, 5) is 4.24. The van der Waals surface area contributed by atoms with Crippen LogP contribution in [0.1, 0.15) is 5.56 Å². The van der Waals surface area contributed by atoms with Crippen LogP contribution < -0.4 is 0 Å². The highest BCUT2D eigenvalue weighted by molar-refractivity contribution is 5.81.